The number of non-ortho nitro benzene ring substituents is 1. The van der Waals surface area contributed by atoms with Crippen LogP contribution in [-0.4, -0.2) is 22.8 Å². The van der Waals surface area contributed by atoms with Crippen molar-refractivity contribution in [3.8, 4) is 5.75 Å². The second-order valence-electron chi connectivity index (χ2n) is 9.80. The third-order valence-electron chi connectivity index (χ3n) is 7.27. The summed E-state index contributed by atoms with van der Waals surface area (Å²) in [5.74, 6) is -1.35. The summed E-state index contributed by atoms with van der Waals surface area (Å²) < 4.78 is 6.36. The molecule has 0 radical (unpaired) electrons. The number of barbiturate groups is 1. The number of rotatable bonds is 6. The molecule has 9 heteroatoms. The second kappa shape index (κ2) is 10.6. The van der Waals surface area contributed by atoms with Crippen LogP contribution >= 0.6 is 0 Å². The lowest BCUT2D eigenvalue weighted by molar-refractivity contribution is -0.384. The lowest BCUT2D eigenvalue weighted by Crippen LogP contribution is -2.54. The van der Waals surface area contributed by atoms with Gasteiger partial charge in [-0.2, -0.15) is 0 Å². The molecule has 5 aromatic carbocycles. The Morgan fingerprint density at radius 3 is 2.31 bits per heavy atom. The fourth-order valence-corrected chi connectivity index (χ4v) is 5.12. The van der Waals surface area contributed by atoms with Crippen LogP contribution in [-0.2, 0) is 16.2 Å². The van der Waals surface area contributed by atoms with Crippen molar-refractivity contribution in [3.05, 3.63) is 129 Å². The highest BCUT2D eigenvalue weighted by molar-refractivity contribution is 6.39. The van der Waals surface area contributed by atoms with Crippen molar-refractivity contribution < 1.29 is 24.0 Å². The molecular weight excluding hydrogens is 534 g/mol. The fourth-order valence-electron chi connectivity index (χ4n) is 5.12. The first-order valence-corrected chi connectivity index (χ1v) is 13.1. The van der Waals surface area contributed by atoms with Gasteiger partial charge in [-0.1, -0.05) is 72.8 Å². The molecule has 0 aliphatic carbocycles. The van der Waals surface area contributed by atoms with Gasteiger partial charge in [0, 0.05) is 23.3 Å². The molecule has 0 aromatic heterocycles. The van der Waals surface area contributed by atoms with Gasteiger partial charge in [-0.25, -0.2) is 9.69 Å². The van der Waals surface area contributed by atoms with Crippen LogP contribution in [0.5, 0.6) is 5.75 Å². The van der Waals surface area contributed by atoms with Crippen molar-refractivity contribution in [1.29, 1.82) is 0 Å². The Balaban J connectivity index is 1.44. The summed E-state index contributed by atoms with van der Waals surface area (Å²) in [6, 6.07) is 27.3. The Hall–Kier alpha value is -5.83. The molecule has 4 amide bonds. The van der Waals surface area contributed by atoms with E-state index in [0.29, 0.717) is 16.2 Å². The van der Waals surface area contributed by atoms with Crippen molar-refractivity contribution in [1.82, 2.24) is 5.32 Å². The van der Waals surface area contributed by atoms with Gasteiger partial charge in [-0.3, -0.25) is 25.0 Å². The topological polar surface area (TPSA) is 119 Å². The molecule has 1 heterocycles. The van der Waals surface area contributed by atoms with E-state index in [4.69, 9.17) is 4.74 Å². The van der Waals surface area contributed by atoms with E-state index >= 15 is 0 Å². The van der Waals surface area contributed by atoms with Gasteiger partial charge in [0.05, 0.1) is 10.6 Å². The average Bonchev–Trinajstić information content (AvgIpc) is 2.99. The van der Waals surface area contributed by atoms with Gasteiger partial charge in [0.15, 0.2) is 0 Å². The molecule has 1 aliphatic heterocycles. The minimum atomic E-state index is -0.997. The monoisotopic (exact) mass is 557 g/mol. The molecule has 1 saturated heterocycles. The molecule has 0 bridgehead atoms. The molecule has 1 N–H and O–H groups in total. The Kier molecular flexibility index (Phi) is 6.68. The smallest absolute Gasteiger partial charge is 0.335 e. The number of amides is 4. The maximum absolute atomic E-state index is 13.6. The van der Waals surface area contributed by atoms with Gasteiger partial charge < -0.3 is 4.74 Å². The molecule has 1 aliphatic rings. The molecule has 9 nitrogen and oxygen atoms in total. The number of anilines is 1. The Morgan fingerprint density at radius 2 is 1.55 bits per heavy atom. The molecule has 0 spiro atoms. The van der Waals surface area contributed by atoms with Crippen LogP contribution in [0.25, 0.3) is 27.6 Å². The van der Waals surface area contributed by atoms with Gasteiger partial charge >= 0.3 is 6.03 Å². The third-order valence-corrected chi connectivity index (χ3v) is 7.27. The van der Waals surface area contributed by atoms with Crippen LogP contribution in [0, 0.1) is 17.0 Å². The number of benzene rings is 5. The van der Waals surface area contributed by atoms with Crippen molar-refractivity contribution in [2.75, 3.05) is 4.90 Å². The van der Waals surface area contributed by atoms with Gasteiger partial charge in [-0.05, 0) is 52.2 Å². The summed E-state index contributed by atoms with van der Waals surface area (Å²) in [4.78, 5) is 50.7. The van der Waals surface area contributed by atoms with E-state index in [9.17, 15) is 24.5 Å². The summed E-state index contributed by atoms with van der Waals surface area (Å²) in [6.07, 6.45) is 1.40. The highest BCUT2D eigenvalue weighted by Crippen LogP contribution is 2.33. The number of hydrogen-bond acceptors (Lipinski definition) is 6. The summed E-state index contributed by atoms with van der Waals surface area (Å²) >= 11 is 0. The van der Waals surface area contributed by atoms with Crippen LogP contribution in [0.3, 0.4) is 0 Å². The predicted molar refractivity (Wildman–Crippen MR) is 159 cm³/mol. The minimum Gasteiger partial charge on any atom is -0.488 e. The number of nitro groups is 1. The van der Waals surface area contributed by atoms with E-state index in [2.05, 4.69) is 11.4 Å². The minimum absolute atomic E-state index is 0.0362. The van der Waals surface area contributed by atoms with Crippen LogP contribution in [0.15, 0.2) is 103 Å². The number of hydrogen-bond donors (Lipinski definition) is 1. The maximum atomic E-state index is 13.6. The highest BCUT2D eigenvalue weighted by atomic mass is 16.6. The Labute approximate surface area is 239 Å². The quantitative estimate of drug-likeness (QED) is 0.111. The highest BCUT2D eigenvalue weighted by Gasteiger charge is 2.37. The SMILES string of the molecule is Cc1ccc2ccccc2c1COc1ccc2ccccc2c1/C=C1\C(=O)NC(=O)N(c2cccc([N+](=O)[O-])c2)C1=O. The number of imide groups is 2. The van der Waals surface area contributed by atoms with E-state index in [1.54, 1.807) is 6.07 Å². The first-order chi connectivity index (χ1) is 20.3. The van der Waals surface area contributed by atoms with Gasteiger partial charge in [0.2, 0.25) is 0 Å². The van der Waals surface area contributed by atoms with Crippen molar-refractivity contribution in [2.45, 2.75) is 13.5 Å². The van der Waals surface area contributed by atoms with Crippen molar-refractivity contribution in [2.24, 2.45) is 0 Å². The Morgan fingerprint density at radius 1 is 0.857 bits per heavy atom. The van der Waals surface area contributed by atoms with Crippen molar-refractivity contribution >= 4 is 56.8 Å². The lowest BCUT2D eigenvalue weighted by Gasteiger charge is -2.26. The number of ether oxygens (including phenoxy) is 1. The third kappa shape index (κ3) is 4.73. The summed E-state index contributed by atoms with van der Waals surface area (Å²) in [7, 11) is 0. The second-order valence-corrected chi connectivity index (χ2v) is 9.80. The van der Waals surface area contributed by atoms with E-state index in [1.165, 1.54) is 24.3 Å². The normalized spacial score (nSPS) is 14.5. The van der Waals surface area contributed by atoms with Gasteiger partial charge in [-0.15, -0.1) is 0 Å². The molecular formula is C33H23N3O6. The van der Waals surface area contributed by atoms with Crippen molar-refractivity contribution in [3.63, 3.8) is 0 Å². The number of nitrogens with zero attached hydrogens (tertiary/aromatic N) is 2. The van der Waals surface area contributed by atoms with Crippen LogP contribution in [0.2, 0.25) is 0 Å². The number of aryl methyl sites for hydroxylation is 1. The number of fused-ring (bicyclic) bond motifs is 2. The van der Waals surface area contributed by atoms with E-state index < -0.39 is 22.8 Å². The summed E-state index contributed by atoms with van der Waals surface area (Å²) in [6.45, 7) is 2.25. The number of nitrogens with one attached hydrogen (secondary N) is 1. The van der Waals surface area contributed by atoms with E-state index in [0.717, 1.165) is 38.7 Å². The first-order valence-electron chi connectivity index (χ1n) is 13.1. The molecule has 0 saturated carbocycles. The molecule has 42 heavy (non-hydrogen) atoms. The van der Waals surface area contributed by atoms with E-state index in [-0.39, 0.29) is 23.6 Å². The van der Waals surface area contributed by atoms with Crippen LogP contribution in [0.1, 0.15) is 16.7 Å². The maximum Gasteiger partial charge on any atom is 0.335 e. The first kappa shape index (κ1) is 26.4. The standard InChI is InChI=1S/C33H23N3O6/c1-20-13-14-21-7-3-5-12-26(21)29(20)19-42-30-16-15-22-8-2-4-11-25(22)27(30)18-28-31(37)34-33(39)35(32(28)38)23-9-6-10-24(17-23)36(40)41/h2-18H,19H2,1H3,(H,34,37,39)/b28-18+. The zero-order chi connectivity index (χ0) is 29.4. The zero-order valence-electron chi connectivity index (χ0n) is 22.4. The van der Waals surface area contributed by atoms with Gasteiger partial charge in [0.1, 0.15) is 17.9 Å². The number of nitro benzene ring substituents is 1. The fraction of sp³-hybridized carbons (Fsp3) is 0.0606. The molecule has 6 rings (SSSR count). The predicted octanol–water partition coefficient (Wildman–Crippen LogP) is 6.46. The van der Waals surface area contributed by atoms with Crippen LogP contribution in [0.4, 0.5) is 16.2 Å². The van der Waals surface area contributed by atoms with Crippen LogP contribution < -0.4 is 15.0 Å². The largest absolute Gasteiger partial charge is 0.488 e. The Bertz CT molecular complexity index is 1980. The molecule has 206 valence electrons. The van der Waals surface area contributed by atoms with Gasteiger partial charge in [0.25, 0.3) is 17.5 Å². The summed E-state index contributed by atoms with van der Waals surface area (Å²) in [5, 5.41) is 17.2. The number of urea groups is 1. The average molecular weight is 558 g/mol. The zero-order valence-corrected chi connectivity index (χ0v) is 22.4. The molecule has 1 fully saturated rings. The number of carbonyl (C=O) groups is 3. The number of carbonyl (C=O) groups excluding carboxylic acids is 3. The molecule has 0 unspecified atom stereocenters. The molecule has 0 atom stereocenters. The van der Waals surface area contributed by atoms with E-state index in [1.807, 2.05) is 67.6 Å². The molecule has 5 aromatic rings. The lowest BCUT2D eigenvalue weighted by atomic mass is 9.99. The summed E-state index contributed by atoms with van der Waals surface area (Å²) in [5.41, 5.74) is 1.90.